The van der Waals surface area contributed by atoms with Crippen molar-refractivity contribution in [1.29, 1.82) is 0 Å². The van der Waals surface area contributed by atoms with E-state index < -0.39 is 10.0 Å². The van der Waals surface area contributed by atoms with Gasteiger partial charge in [0.1, 0.15) is 0 Å². The van der Waals surface area contributed by atoms with Crippen LogP contribution in [-0.2, 0) is 10.0 Å². The van der Waals surface area contributed by atoms with Gasteiger partial charge in [0.05, 0.1) is 11.9 Å². The third-order valence-electron chi connectivity index (χ3n) is 1.81. The molecular weight excluding hydrogens is 202 g/mol. The summed E-state index contributed by atoms with van der Waals surface area (Å²) in [4.78, 5) is 0. The van der Waals surface area contributed by atoms with Crippen molar-refractivity contribution < 1.29 is 13.5 Å². The molecule has 6 heteroatoms. The minimum Gasteiger partial charge on any atom is -0.393 e. The highest BCUT2D eigenvalue weighted by Gasteiger charge is 2.30. The predicted molar refractivity (Wildman–Crippen MR) is 46.7 cm³/mol. The van der Waals surface area contributed by atoms with E-state index in [1.165, 1.54) is 0 Å². The summed E-state index contributed by atoms with van der Waals surface area (Å²) in [6, 6.07) is -0.0896. The van der Waals surface area contributed by atoms with Gasteiger partial charge in [-0.1, -0.05) is 0 Å². The summed E-state index contributed by atoms with van der Waals surface area (Å²) in [6.07, 6.45) is 0.692. The molecule has 1 saturated carbocycles. The van der Waals surface area contributed by atoms with Crippen molar-refractivity contribution >= 4 is 21.6 Å². The number of sulfonamides is 1. The molecule has 72 valence electrons. The molecule has 0 radical (unpaired) electrons. The molecule has 0 aliphatic heterocycles. The Labute approximate surface area is 77.0 Å². The Balaban J connectivity index is 2.31. The number of alkyl halides is 1. The molecule has 0 atom stereocenters. The standard InChI is InChI=1S/C6H12ClNO3S/c7-1-2-12(10,11)8-5-3-6(9)4-5/h5-6,8-9H,1-4H2. The Bertz CT molecular complexity index is 235. The highest BCUT2D eigenvalue weighted by atomic mass is 35.5. The van der Waals surface area contributed by atoms with Gasteiger partial charge in [-0.25, -0.2) is 13.1 Å². The fourth-order valence-corrected chi connectivity index (χ4v) is 2.73. The van der Waals surface area contributed by atoms with Crippen LogP contribution >= 0.6 is 11.6 Å². The van der Waals surface area contributed by atoms with Crippen LogP contribution in [0.5, 0.6) is 0 Å². The topological polar surface area (TPSA) is 66.4 Å². The Morgan fingerprint density at radius 2 is 2.08 bits per heavy atom. The van der Waals surface area contributed by atoms with Gasteiger partial charge in [0.25, 0.3) is 0 Å². The number of aliphatic hydroxyl groups is 1. The van der Waals surface area contributed by atoms with Crippen LogP contribution in [0.15, 0.2) is 0 Å². The van der Waals surface area contributed by atoms with E-state index in [1.807, 2.05) is 0 Å². The molecule has 0 amide bonds. The Kier molecular flexibility index (Phi) is 3.34. The van der Waals surface area contributed by atoms with E-state index in [9.17, 15) is 8.42 Å². The van der Waals surface area contributed by atoms with Crippen LogP contribution in [0.3, 0.4) is 0 Å². The molecule has 0 heterocycles. The van der Waals surface area contributed by atoms with E-state index in [-0.39, 0.29) is 23.8 Å². The van der Waals surface area contributed by atoms with Gasteiger partial charge in [-0.15, -0.1) is 11.6 Å². The summed E-state index contributed by atoms with van der Waals surface area (Å²) in [5, 5.41) is 8.88. The normalized spacial score (nSPS) is 29.8. The van der Waals surface area contributed by atoms with Crippen molar-refractivity contribution in [1.82, 2.24) is 4.72 Å². The zero-order chi connectivity index (χ0) is 9.19. The first kappa shape index (κ1) is 10.2. The van der Waals surface area contributed by atoms with Gasteiger partial charge in [-0.2, -0.15) is 0 Å². The van der Waals surface area contributed by atoms with E-state index in [4.69, 9.17) is 16.7 Å². The highest BCUT2D eigenvalue weighted by Crippen LogP contribution is 2.19. The summed E-state index contributed by atoms with van der Waals surface area (Å²) in [7, 11) is -3.21. The lowest BCUT2D eigenvalue weighted by Crippen LogP contribution is -2.47. The molecule has 1 rings (SSSR count). The average Bonchev–Trinajstić information content (AvgIpc) is 1.83. The molecule has 0 aromatic carbocycles. The molecule has 0 spiro atoms. The van der Waals surface area contributed by atoms with Crippen molar-refractivity contribution in [2.75, 3.05) is 11.6 Å². The van der Waals surface area contributed by atoms with Crippen molar-refractivity contribution in [2.45, 2.75) is 25.0 Å². The number of halogens is 1. The van der Waals surface area contributed by atoms with Crippen LogP contribution < -0.4 is 4.72 Å². The molecule has 0 unspecified atom stereocenters. The van der Waals surface area contributed by atoms with Gasteiger partial charge in [-0.3, -0.25) is 0 Å². The van der Waals surface area contributed by atoms with Crippen molar-refractivity contribution in [3.8, 4) is 0 Å². The Hall–Kier alpha value is 0.160. The summed E-state index contributed by atoms with van der Waals surface area (Å²) in [6.45, 7) is 0. The van der Waals surface area contributed by atoms with E-state index >= 15 is 0 Å². The predicted octanol–water partition coefficient (Wildman–Crippen LogP) is -0.332. The lowest BCUT2D eigenvalue weighted by atomic mass is 9.91. The quantitative estimate of drug-likeness (QED) is 0.629. The SMILES string of the molecule is O=S(=O)(CCCl)NC1CC(O)C1. The molecule has 0 bridgehead atoms. The molecule has 0 aromatic heterocycles. The van der Waals surface area contributed by atoms with Crippen LogP contribution in [-0.4, -0.2) is 37.3 Å². The van der Waals surface area contributed by atoms with Crippen LogP contribution in [0.2, 0.25) is 0 Å². The number of aliphatic hydroxyl groups excluding tert-OH is 1. The van der Waals surface area contributed by atoms with Crippen molar-refractivity contribution in [3.05, 3.63) is 0 Å². The number of hydrogen-bond acceptors (Lipinski definition) is 3. The molecule has 0 saturated heterocycles. The zero-order valence-electron chi connectivity index (χ0n) is 6.53. The molecular formula is C6H12ClNO3S. The Morgan fingerprint density at radius 3 is 2.50 bits per heavy atom. The minimum atomic E-state index is -3.21. The van der Waals surface area contributed by atoms with Crippen LogP contribution in [0.1, 0.15) is 12.8 Å². The van der Waals surface area contributed by atoms with Gasteiger partial charge in [-0.05, 0) is 12.8 Å². The second-order valence-corrected chi connectivity index (χ2v) is 5.20. The summed E-state index contributed by atoms with van der Waals surface area (Å²) in [5.41, 5.74) is 0. The van der Waals surface area contributed by atoms with E-state index in [2.05, 4.69) is 4.72 Å². The maximum absolute atomic E-state index is 11.1. The summed E-state index contributed by atoms with van der Waals surface area (Å²) >= 11 is 5.29. The number of rotatable bonds is 4. The molecule has 4 nitrogen and oxygen atoms in total. The van der Waals surface area contributed by atoms with Gasteiger partial charge in [0, 0.05) is 11.9 Å². The van der Waals surface area contributed by atoms with Crippen LogP contribution in [0.25, 0.3) is 0 Å². The lowest BCUT2D eigenvalue weighted by Gasteiger charge is -2.31. The third kappa shape index (κ3) is 2.90. The first-order valence-electron chi connectivity index (χ1n) is 3.77. The van der Waals surface area contributed by atoms with E-state index in [1.54, 1.807) is 0 Å². The lowest BCUT2D eigenvalue weighted by molar-refractivity contribution is 0.0712. The third-order valence-corrected chi connectivity index (χ3v) is 3.65. The van der Waals surface area contributed by atoms with Crippen molar-refractivity contribution in [3.63, 3.8) is 0 Å². The van der Waals surface area contributed by atoms with Crippen LogP contribution in [0.4, 0.5) is 0 Å². The monoisotopic (exact) mass is 213 g/mol. The van der Waals surface area contributed by atoms with Crippen LogP contribution in [0, 0.1) is 0 Å². The van der Waals surface area contributed by atoms with Crippen molar-refractivity contribution in [2.24, 2.45) is 0 Å². The fraction of sp³-hybridized carbons (Fsp3) is 1.00. The maximum Gasteiger partial charge on any atom is 0.213 e. The highest BCUT2D eigenvalue weighted by molar-refractivity contribution is 7.89. The second kappa shape index (κ2) is 3.91. The van der Waals surface area contributed by atoms with E-state index in [0.29, 0.717) is 12.8 Å². The molecule has 1 aliphatic rings. The molecule has 2 N–H and O–H groups in total. The second-order valence-electron chi connectivity index (χ2n) is 2.95. The first-order valence-corrected chi connectivity index (χ1v) is 5.96. The zero-order valence-corrected chi connectivity index (χ0v) is 8.11. The van der Waals surface area contributed by atoms with Gasteiger partial charge in [0.15, 0.2) is 0 Å². The largest absolute Gasteiger partial charge is 0.393 e. The van der Waals surface area contributed by atoms with Gasteiger partial charge < -0.3 is 5.11 Å². The van der Waals surface area contributed by atoms with Gasteiger partial charge >= 0.3 is 0 Å². The number of nitrogens with one attached hydrogen (secondary N) is 1. The summed E-state index contributed by atoms with van der Waals surface area (Å²) < 4.78 is 24.6. The number of hydrogen-bond donors (Lipinski definition) is 2. The molecule has 1 aliphatic carbocycles. The minimum absolute atomic E-state index is 0.0544. The molecule has 0 aromatic rings. The Morgan fingerprint density at radius 1 is 1.50 bits per heavy atom. The molecule has 12 heavy (non-hydrogen) atoms. The molecule has 1 fully saturated rings. The smallest absolute Gasteiger partial charge is 0.213 e. The van der Waals surface area contributed by atoms with Gasteiger partial charge in [0.2, 0.25) is 10.0 Å². The summed E-state index contributed by atoms with van der Waals surface area (Å²) in [5.74, 6) is 0.0474. The van der Waals surface area contributed by atoms with E-state index in [0.717, 1.165) is 0 Å². The first-order chi connectivity index (χ1) is 5.53. The fourth-order valence-electron chi connectivity index (χ4n) is 1.10. The maximum atomic E-state index is 11.1. The average molecular weight is 214 g/mol.